The van der Waals surface area contributed by atoms with Gasteiger partial charge in [0.05, 0.1) is 10.7 Å². The van der Waals surface area contributed by atoms with Gasteiger partial charge in [-0.1, -0.05) is 47.5 Å². The molecule has 2 aliphatic heterocycles. The average Bonchev–Trinajstić information content (AvgIpc) is 3.45. The minimum atomic E-state index is -0.950. The lowest BCUT2D eigenvalue weighted by Crippen LogP contribution is -2.56. The van der Waals surface area contributed by atoms with Gasteiger partial charge in [-0.05, 0) is 80.8 Å². The molecular formula is C32H39Cl2N5O4. The molecule has 5 rings (SSSR count). The summed E-state index contributed by atoms with van der Waals surface area (Å²) in [6.45, 7) is 2.90. The monoisotopic (exact) mass is 627 g/mol. The van der Waals surface area contributed by atoms with Gasteiger partial charge < -0.3 is 26.2 Å². The molecule has 4 amide bonds. The van der Waals surface area contributed by atoms with Crippen LogP contribution in [0.4, 0.5) is 5.69 Å². The first-order chi connectivity index (χ1) is 20.6. The van der Waals surface area contributed by atoms with Crippen LogP contribution < -0.4 is 16.4 Å². The summed E-state index contributed by atoms with van der Waals surface area (Å²) in [5, 5.41) is 6.39. The van der Waals surface area contributed by atoms with Crippen LogP contribution in [0.1, 0.15) is 68.1 Å². The second-order valence-corrected chi connectivity index (χ2v) is 12.7. The zero-order valence-electron chi connectivity index (χ0n) is 24.5. The predicted molar refractivity (Wildman–Crippen MR) is 167 cm³/mol. The third-order valence-electron chi connectivity index (χ3n) is 9.27. The molecule has 1 saturated carbocycles. The van der Waals surface area contributed by atoms with Crippen molar-refractivity contribution in [3.8, 4) is 0 Å². The first-order valence-electron chi connectivity index (χ1n) is 15.1. The van der Waals surface area contributed by atoms with Crippen LogP contribution in [0.5, 0.6) is 0 Å². The first-order valence-corrected chi connectivity index (χ1v) is 15.8. The lowest BCUT2D eigenvalue weighted by molar-refractivity contribution is -0.145. The Morgan fingerprint density at radius 2 is 1.70 bits per heavy atom. The highest BCUT2D eigenvalue weighted by molar-refractivity contribution is 6.38. The SMILES string of the molecule is Cc1c(Cl)ccc(NC(=O)[C@H](CCN)NC(=O)[C@@H]2Cc3ccccc3CN2C(=O)CCC(=O)N2CCCC23CCC3)c1Cl. The standard InChI is InChI=1S/C32H39Cl2N5O4/c1-20-23(33)8-9-24(29(20)34)36-30(42)25(12-16-35)37-31(43)26-18-21-6-2-3-7-22(21)19-38(26)27(40)10-11-28(41)39-17-5-15-32(39)13-4-14-32/h2-3,6-9,25-26H,4-5,10-19,35H2,1H3,(H,36,42)(H,37,43)/t25-,26-/m0/s1. The second-order valence-electron chi connectivity index (χ2n) is 11.9. The number of amides is 4. The van der Waals surface area contributed by atoms with Gasteiger partial charge in [0.1, 0.15) is 12.1 Å². The molecule has 1 spiro atoms. The fourth-order valence-electron chi connectivity index (χ4n) is 6.63. The van der Waals surface area contributed by atoms with Gasteiger partial charge in [-0.15, -0.1) is 0 Å². The number of hydrogen-bond acceptors (Lipinski definition) is 5. The topological polar surface area (TPSA) is 125 Å². The Balaban J connectivity index is 1.29. The Morgan fingerprint density at radius 1 is 1.00 bits per heavy atom. The number of hydrogen-bond donors (Lipinski definition) is 3. The molecule has 2 fully saturated rings. The first kappa shape index (κ1) is 31.3. The Hall–Kier alpha value is -3.14. The maximum Gasteiger partial charge on any atom is 0.247 e. The van der Waals surface area contributed by atoms with Crippen molar-refractivity contribution in [1.29, 1.82) is 0 Å². The van der Waals surface area contributed by atoms with Crippen molar-refractivity contribution in [2.45, 2.75) is 88.9 Å². The number of nitrogens with two attached hydrogens (primary N) is 1. The summed E-state index contributed by atoms with van der Waals surface area (Å²) in [6.07, 6.45) is 5.90. The van der Waals surface area contributed by atoms with Crippen molar-refractivity contribution >= 4 is 52.5 Å². The van der Waals surface area contributed by atoms with Gasteiger partial charge in [-0.3, -0.25) is 19.2 Å². The van der Waals surface area contributed by atoms with Crippen LogP contribution in [0.25, 0.3) is 0 Å². The minimum Gasteiger partial charge on any atom is -0.342 e. The van der Waals surface area contributed by atoms with Crippen molar-refractivity contribution in [2.24, 2.45) is 5.73 Å². The van der Waals surface area contributed by atoms with Crippen LogP contribution >= 0.6 is 23.2 Å². The largest absolute Gasteiger partial charge is 0.342 e. The van der Waals surface area contributed by atoms with E-state index in [1.165, 1.54) is 0 Å². The van der Waals surface area contributed by atoms with E-state index in [9.17, 15) is 19.2 Å². The van der Waals surface area contributed by atoms with Crippen LogP contribution in [-0.4, -0.2) is 64.1 Å². The Morgan fingerprint density at radius 3 is 2.40 bits per heavy atom. The molecule has 43 heavy (non-hydrogen) atoms. The smallest absolute Gasteiger partial charge is 0.247 e. The van der Waals surface area contributed by atoms with E-state index in [2.05, 4.69) is 10.6 Å². The zero-order valence-corrected chi connectivity index (χ0v) is 26.0. The van der Waals surface area contributed by atoms with Crippen molar-refractivity contribution in [3.63, 3.8) is 0 Å². The van der Waals surface area contributed by atoms with Crippen molar-refractivity contribution in [2.75, 3.05) is 18.4 Å². The molecule has 2 aromatic carbocycles. The van der Waals surface area contributed by atoms with E-state index in [0.29, 0.717) is 27.7 Å². The van der Waals surface area contributed by atoms with E-state index in [1.54, 1.807) is 24.0 Å². The number of nitrogens with zero attached hydrogens (tertiary/aromatic N) is 2. The van der Waals surface area contributed by atoms with Crippen molar-refractivity contribution < 1.29 is 19.2 Å². The van der Waals surface area contributed by atoms with E-state index < -0.39 is 23.9 Å². The number of rotatable bonds is 9. The van der Waals surface area contributed by atoms with E-state index in [0.717, 1.165) is 49.8 Å². The molecule has 9 nitrogen and oxygen atoms in total. The fourth-order valence-corrected chi connectivity index (χ4v) is 7.04. The van der Waals surface area contributed by atoms with Crippen LogP contribution in [0.15, 0.2) is 36.4 Å². The molecule has 1 saturated heterocycles. The summed E-state index contributed by atoms with van der Waals surface area (Å²) in [6, 6.07) is 9.15. The molecule has 4 N–H and O–H groups in total. The molecule has 0 aromatic heterocycles. The molecule has 1 aliphatic carbocycles. The van der Waals surface area contributed by atoms with Gasteiger partial charge in [0.15, 0.2) is 0 Å². The minimum absolute atomic E-state index is 0.000128. The predicted octanol–water partition coefficient (Wildman–Crippen LogP) is 4.35. The van der Waals surface area contributed by atoms with Crippen molar-refractivity contribution in [3.05, 3.63) is 63.1 Å². The summed E-state index contributed by atoms with van der Waals surface area (Å²) < 4.78 is 0. The molecule has 0 bridgehead atoms. The molecule has 0 radical (unpaired) electrons. The number of benzene rings is 2. The van der Waals surface area contributed by atoms with Crippen LogP contribution in [-0.2, 0) is 32.1 Å². The Labute approximate surface area is 262 Å². The molecular weight excluding hydrogens is 589 g/mol. The van der Waals surface area contributed by atoms with Crippen LogP contribution in [0.3, 0.4) is 0 Å². The number of nitrogens with one attached hydrogen (secondary N) is 2. The number of fused-ring (bicyclic) bond motifs is 1. The third-order valence-corrected chi connectivity index (χ3v) is 10.2. The number of carbonyl (C=O) groups excluding carboxylic acids is 4. The maximum atomic E-state index is 13.8. The van der Waals surface area contributed by atoms with Crippen LogP contribution in [0, 0.1) is 6.92 Å². The summed E-state index contributed by atoms with van der Waals surface area (Å²) >= 11 is 12.5. The average molecular weight is 629 g/mol. The third kappa shape index (κ3) is 6.54. The number of halogens is 2. The number of anilines is 1. The van der Waals surface area contributed by atoms with Gasteiger partial charge in [0.2, 0.25) is 23.6 Å². The normalized spacial score (nSPS) is 19.4. The van der Waals surface area contributed by atoms with Gasteiger partial charge in [0, 0.05) is 42.9 Å². The highest BCUT2D eigenvalue weighted by Crippen LogP contribution is 2.45. The Kier molecular flexibility index (Phi) is 9.63. The summed E-state index contributed by atoms with van der Waals surface area (Å²) in [4.78, 5) is 57.4. The number of carbonyl (C=O) groups is 4. The molecule has 230 valence electrons. The molecule has 2 heterocycles. The fraction of sp³-hybridized carbons (Fsp3) is 0.500. The summed E-state index contributed by atoms with van der Waals surface area (Å²) in [5.74, 6) is -1.17. The van der Waals surface area contributed by atoms with E-state index in [-0.39, 0.29) is 49.7 Å². The van der Waals surface area contributed by atoms with E-state index >= 15 is 0 Å². The van der Waals surface area contributed by atoms with Gasteiger partial charge in [0.25, 0.3) is 0 Å². The Bertz CT molecular complexity index is 1410. The lowest BCUT2D eigenvalue weighted by Gasteiger charge is -2.46. The van der Waals surface area contributed by atoms with Gasteiger partial charge in [-0.2, -0.15) is 0 Å². The molecule has 11 heteroatoms. The number of likely N-dealkylation sites (tertiary alicyclic amines) is 1. The quantitative estimate of drug-likeness (QED) is 0.381. The second kappa shape index (κ2) is 13.2. The van der Waals surface area contributed by atoms with Gasteiger partial charge in [-0.25, -0.2) is 0 Å². The van der Waals surface area contributed by atoms with E-state index in [4.69, 9.17) is 28.9 Å². The zero-order chi connectivity index (χ0) is 30.7. The summed E-state index contributed by atoms with van der Waals surface area (Å²) in [7, 11) is 0. The maximum absolute atomic E-state index is 13.8. The molecule has 0 unspecified atom stereocenters. The van der Waals surface area contributed by atoms with Gasteiger partial charge >= 0.3 is 0 Å². The van der Waals surface area contributed by atoms with E-state index in [1.807, 2.05) is 29.2 Å². The lowest BCUT2D eigenvalue weighted by atomic mass is 9.75. The highest BCUT2D eigenvalue weighted by Gasteiger charge is 2.47. The summed E-state index contributed by atoms with van der Waals surface area (Å²) in [5.41, 5.74) is 8.74. The molecule has 3 aliphatic rings. The molecule has 2 atom stereocenters. The van der Waals surface area contributed by atoms with Crippen molar-refractivity contribution in [1.82, 2.24) is 15.1 Å². The van der Waals surface area contributed by atoms with Crippen LogP contribution in [0.2, 0.25) is 10.0 Å². The highest BCUT2D eigenvalue weighted by atomic mass is 35.5. The molecule has 2 aromatic rings.